The molecule has 0 saturated carbocycles. The summed E-state index contributed by atoms with van der Waals surface area (Å²) < 4.78 is 11.9. The number of carbonyl (C=O) groups is 1. The Morgan fingerprint density at radius 1 is 0.917 bits per heavy atom. The molecule has 0 unspecified atom stereocenters. The molecule has 0 N–H and O–H groups in total. The van der Waals surface area contributed by atoms with Crippen molar-refractivity contribution in [3.63, 3.8) is 0 Å². The Bertz CT molecular complexity index is 1330. The highest BCUT2D eigenvalue weighted by Crippen LogP contribution is 2.36. The van der Waals surface area contributed by atoms with E-state index >= 15 is 0 Å². The number of likely N-dealkylation sites (N-methyl/N-ethyl adjacent to an activating group) is 1. The van der Waals surface area contributed by atoms with Gasteiger partial charge in [0.05, 0.1) is 17.2 Å². The number of nitrogens with zero attached hydrogens (tertiary/aromatic N) is 2. The zero-order valence-corrected chi connectivity index (χ0v) is 22.3. The Kier molecular flexibility index (Phi) is 8.16. The monoisotopic (exact) mass is 500 g/mol. The molecule has 186 valence electrons. The summed E-state index contributed by atoms with van der Waals surface area (Å²) in [5, 5.41) is 0.695. The smallest absolute Gasteiger partial charge is 0.266 e. The number of hydrogen-bond donors (Lipinski definition) is 0. The first-order chi connectivity index (χ1) is 17.4. The van der Waals surface area contributed by atoms with E-state index < -0.39 is 0 Å². The molecule has 0 spiro atoms. The molecule has 36 heavy (non-hydrogen) atoms. The predicted molar refractivity (Wildman–Crippen MR) is 149 cm³/mol. The Morgan fingerprint density at radius 2 is 1.75 bits per heavy atom. The maximum absolute atomic E-state index is 13.1. The van der Waals surface area contributed by atoms with Gasteiger partial charge in [-0.1, -0.05) is 42.0 Å². The van der Waals surface area contributed by atoms with Crippen LogP contribution in [0.2, 0.25) is 0 Å². The number of amidine groups is 1. The van der Waals surface area contributed by atoms with Crippen molar-refractivity contribution in [3.8, 4) is 11.5 Å². The van der Waals surface area contributed by atoms with Crippen molar-refractivity contribution in [3.05, 3.63) is 93.4 Å². The predicted octanol–water partition coefficient (Wildman–Crippen LogP) is 7.21. The van der Waals surface area contributed by atoms with Crippen LogP contribution in [0.15, 0.2) is 70.6 Å². The summed E-state index contributed by atoms with van der Waals surface area (Å²) >= 11 is 1.40. The molecule has 1 saturated heterocycles. The van der Waals surface area contributed by atoms with Crippen molar-refractivity contribution in [1.82, 2.24) is 4.90 Å². The maximum atomic E-state index is 13.1. The third kappa shape index (κ3) is 6.00. The molecule has 1 fully saturated rings. The van der Waals surface area contributed by atoms with Gasteiger partial charge >= 0.3 is 0 Å². The van der Waals surface area contributed by atoms with Crippen molar-refractivity contribution >= 4 is 34.6 Å². The van der Waals surface area contributed by atoms with Crippen LogP contribution in [0.4, 0.5) is 5.69 Å². The highest BCUT2D eigenvalue weighted by atomic mass is 32.2. The lowest BCUT2D eigenvalue weighted by molar-refractivity contribution is -0.122. The standard InChI is InChI=1S/C30H32N2O3S/c1-6-32-29(33)28(36-30(32)31-25-13-11-21(4)22(5)16-25)18-23-12-14-26(27(17-23)34-7-2)35-19-24-10-8-9-20(3)15-24/h8-18H,6-7,19H2,1-5H3/b28-18+,31-30?. The van der Waals surface area contributed by atoms with Crippen LogP contribution in [0.3, 0.4) is 0 Å². The number of rotatable bonds is 8. The van der Waals surface area contributed by atoms with Crippen LogP contribution in [0.25, 0.3) is 6.08 Å². The van der Waals surface area contributed by atoms with Gasteiger partial charge in [-0.3, -0.25) is 9.69 Å². The van der Waals surface area contributed by atoms with Crippen LogP contribution in [0.1, 0.15) is 41.7 Å². The molecule has 0 atom stereocenters. The lowest BCUT2D eigenvalue weighted by atomic mass is 10.1. The van der Waals surface area contributed by atoms with Gasteiger partial charge in [0.25, 0.3) is 5.91 Å². The normalized spacial score (nSPS) is 15.7. The topological polar surface area (TPSA) is 51.1 Å². The second-order valence-corrected chi connectivity index (χ2v) is 9.75. The van der Waals surface area contributed by atoms with E-state index in [1.165, 1.54) is 28.5 Å². The Morgan fingerprint density at radius 3 is 2.47 bits per heavy atom. The molecule has 0 aromatic heterocycles. The first kappa shape index (κ1) is 25.6. The minimum absolute atomic E-state index is 0.0391. The minimum atomic E-state index is -0.0391. The van der Waals surface area contributed by atoms with Gasteiger partial charge in [0.2, 0.25) is 0 Å². The van der Waals surface area contributed by atoms with Crippen molar-refractivity contribution < 1.29 is 14.3 Å². The highest BCUT2D eigenvalue weighted by molar-refractivity contribution is 8.18. The van der Waals surface area contributed by atoms with Crippen LogP contribution in [-0.4, -0.2) is 29.1 Å². The highest BCUT2D eigenvalue weighted by Gasteiger charge is 2.32. The summed E-state index contributed by atoms with van der Waals surface area (Å²) in [4.78, 5) is 20.3. The van der Waals surface area contributed by atoms with E-state index in [1.807, 2.05) is 62.4 Å². The lowest BCUT2D eigenvalue weighted by Crippen LogP contribution is -2.28. The fraction of sp³-hybridized carbons (Fsp3) is 0.267. The number of carbonyl (C=O) groups excluding carboxylic acids is 1. The first-order valence-corrected chi connectivity index (χ1v) is 13.0. The van der Waals surface area contributed by atoms with Crippen molar-refractivity contribution in [2.24, 2.45) is 4.99 Å². The fourth-order valence-electron chi connectivity index (χ4n) is 3.89. The Hall–Kier alpha value is -3.51. The van der Waals surface area contributed by atoms with Gasteiger partial charge in [-0.25, -0.2) is 4.99 Å². The molecular weight excluding hydrogens is 468 g/mol. The SMILES string of the molecule is CCOc1cc(/C=C2/SC(=Nc3ccc(C)c(C)c3)N(CC)C2=O)ccc1OCc1cccc(C)c1. The van der Waals surface area contributed by atoms with Gasteiger partial charge in [0, 0.05) is 6.54 Å². The molecule has 5 nitrogen and oxygen atoms in total. The molecule has 1 amide bonds. The van der Waals surface area contributed by atoms with E-state index in [9.17, 15) is 4.79 Å². The summed E-state index contributed by atoms with van der Waals surface area (Å²) in [6.45, 7) is 11.7. The Labute approximate surface area is 217 Å². The number of benzene rings is 3. The minimum Gasteiger partial charge on any atom is -0.490 e. The zero-order chi connectivity index (χ0) is 25.7. The quantitative estimate of drug-likeness (QED) is 0.307. The van der Waals surface area contributed by atoms with E-state index in [0.717, 1.165) is 16.8 Å². The van der Waals surface area contributed by atoms with E-state index in [2.05, 4.69) is 39.0 Å². The second-order valence-electron chi connectivity index (χ2n) is 8.74. The number of hydrogen-bond acceptors (Lipinski definition) is 5. The van der Waals surface area contributed by atoms with Crippen molar-refractivity contribution in [1.29, 1.82) is 0 Å². The molecule has 0 bridgehead atoms. The number of aryl methyl sites for hydroxylation is 3. The van der Waals surface area contributed by atoms with Gasteiger partial charge in [-0.05, 0) is 99.0 Å². The van der Waals surface area contributed by atoms with Crippen molar-refractivity contribution in [2.45, 2.75) is 41.2 Å². The molecule has 0 aliphatic carbocycles. The van der Waals surface area contributed by atoms with Crippen LogP contribution in [-0.2, 0) is 11.4 Å². The summed E-state index contributed by atoms with van der Waals surface area (Å²) in [7, 11) is 0. The summed E-state index contributed by atoms with van der Waals surface area (Å²) in [6.07, 6.45) is 1.89. The van der Waals surface area contributed by atoms with Gasteiger partial charge < -0.3 is 9.47 Å². The molecule has 1 heterocycles. The molecule has 1 aliphatic rings. The van der Waals surface area contributed by atoms with Crippen LogP contribution in [0, 0.1) is 20.8 Å². The molecule has 3 aromatic rings. The largest absolute Gasteiger partial charge is 0.490 e. The summed E-state index contributed by atoms with van der Waals surface area (Å²) in [5.74, 6) is 1.30. The summed E-state index contributed by atoms with van der Waals surface area (Å²) in [6, 6.07) is 20.1. The Balaban J connectivity index is 1.57. The van der Waals surface area contributed by atoms with Gasteiger partial charge in [0.15, 0.2) is 16.7 Å². The van der Waals surface area contributed by atoms with E-state index in [0.29, 0.717) is 41.3 Å². The van der Waals surface area contributed by atoms with E-state index in [4.69, 9.17) is 14.5 Å². The number of ether oxygens (including phenoxy) is 2. The number of amides is 1. The van der Waals surface area contributed by atoms with Crippen LogP contribution >= 0.6 is 11.8 Å². The average Bonchev–Trinajstić information content (AvgIpc) is 3.14. The van der Waals surface area contributed by atoms with E-state index in [1.54, 1.807) is 4.90 Å². The maximum Gasteiger partial charge on any atom is 0.266 e. The molecule has 1 aliphatic heterocycles. The molecule has 3 aromatic carbocycles. The average molecular weight is 501 g/mol. The van der Waals surface area contributed by atoms with Crippen LogP contribution in [0.5, 0.6) is 11.5 Å². The molecule has 6 heteroatoms. The number of aliphatic imine (C=N–C) groups is 1. The zero-order valence-electron chi connectivity index (χ0n) is 21.5. The molecule has 4 rings (SSSR count). The van der Waals surface area contributed by atoms with Gasteiger partial charge in [-0.2, -0.15) is 0 Å². The third-order valence-electron chi connectivity index (χ3n) is 5.96. The van der Waals surface area contributed by atoms with Crippen LogP contribution < -0.4 is 9.47 Å². The van der Waals surface area contributed by atoms with Gasteiger partial charge in [-0.15, -0.1) is 0 Å². The second kappa shape index (κ2) is 11.5. The lowest BCUT2D eigenvalue weighted by Gasteiger charge is -2.13. The summed E-state index contributed by atoms with van der Waals surface area (Å²) in [5.41, 5.74) is 6.43. The number of thioether (sulfide) groups is 1. The van der Waals surface area contributed by atoms with Crippen molar-refractivity contribution in [2.75, 3.05) is 13.2 Å². The molecule has 0 radical (unpaired) electrons. The first-order valence-electron chi connectivity index (χ1n) is 12.2. The fourth-order valence-corrected chi connectivity index (χ4v) is 4.95. The van der Waals surface area contributed by atoms with E-state index in [-0.39, 0.29) is 5.91 Å². The van der Waals surface area contributed by atoms with Gasteiger partial charge in [0.1, 0.15) is 6.61 Å². The third-order valence-corrected chi connectivity index (χ3v) is 6.97. The molecular formula is C30H32N2O3S.